The third-order valence-corrected chi connectivity index (χ3v) is 7.47. The van der Waals surface area contributed by atoms with Crippen molar-refractivity contribution in [1.82, 2.24) is 10.2 Å². The van der Waals surface area contributed by atoms with Crippen LogP contribution in [0.2, 0.25) is 0 Å². The van der Waals surface area contributed by atoms with E-state index in [9.17, 15) is 14.4 Å². The second-order valence-electron chi connectivity index (χ2n) is 9.80. The minimum Gasteiger partial charge on any atom is -0.497 e. The van der Waals surface area contributed by atoms with Crippen LogP contribution in [0.5, 0.6) is 5.75 Å². The van der Waals surface area contributed by atoms with Gasteiger partial charge in [0.2, 0.25) is 5.91 Å². The molecule has 1 saturated carbocycles. The van der Waals surface area contributed by atoms with Gasteiger partial charge in [0.25, 0.3) is 5.91 Å². The quantitative estimate of drug-likeness (QED) is 0.465. The summed E-state index contributed by atoms with van der Waals surface area (Å²) >= 11 is 0. The molecule has 1 aromatic heterocycles. The molecule has 3 aromatic rings. The summed E-state index contributed by atoms with van der Waals surface area (Å²) < 4.78 is 10.9. The highest BCUT2D eigenvalue weighted by atomic mass is 16.5. The maximum absolute atomic E-state index is 12.6. The number of amides is 2. The Morgan fingerprint density at radius 3 is 2.68 bits per heavy atom. The first-order chi connectivity index (χ1) is 18.0. The van der Waals surface area contributed by atoms with Gasteiger partial charge in [-0.2, -0.15) is 0 Å². The van der Waals surface area contributed by atoms with Gasteiger partial charge in [0.05, 0.1) is 12.5 Å². The van der Waals surface area contributed by atoms with Gasteiger partial charge in [-0.15, -0.1) is 0 Å². The summed E-state index contributed by atoms with van der Waals surface area (Å²) in [4.78, 5) is 39.1. The van der Waals surface area contributed by atoms with Crippen molar-refractivity contribution < 1.29 is 18.7 Å². The Labute approximate surface area is 216 Å². The molecule has 2 aliphatic rings. The van der Waals surface area contributed by atoms with E-state index >= 15 is 0 Å². The van der Waals surface area contributed by atoms with Crippen LogP contribution >= 0.6 is 0 Å². The van der Waals surface area contributed by atoms with Crippen LogP contribution < -0.4 is 15.5 Å². The monoisotopic (exact) mass is 500 g/mol. The molecule has 2 fully saturated rings. The number of benzene rings is 2. The fraction of sp³-hybridized carbons (Fsp3) is 0.367. The van der Waals surface area contributed by atoms with E-state index < -0.39 is 5.91 Å². The highest BCUT2D eigenvalue weighted by Gasteiger charge is 2.24. The predicted molar refractivity (Wildman–Crippen MR) is 142 cm³/mol. The van der Waals surface area contributed by atoms with Gasteiger partial charge in [0.1, 0.15) is 11.3 Å². The van der Waals surface area contributed by atoms with Crippen LogP contribution in [0.15, 0.2) is 69.4 Å². The molecule has 7 nitrogen and oxygen atoms in total. The molecule has 2 heterocycles. The number of likely N-dealkylation sites (tertiary alicyclic amines) is 1. The summed E-state index contributed by atoms with van der Waals surface area (Å²) in [6, 6.07) is 14.7. The normalized spacial score (nSPS) is 17.8. The van der Waals surface area contributed by atoms with Gasteiger partial charge < -0.3 is 19.4 Å². The Morgan fingerprint density at radius 1 is 1.11 bits per heavy atom. The van der Waals surface area contributed by atoms with Crippen molar-refractivity contribution in [3.8, 4) is 5.75 Å². The van der Waals surface area contributed by atoms with Gasteiger partial charge in [-0.25, -0.2) is 0 Å². The lowest BCUT2D eigenvalue weighted by Gasteiger charge is -2.27. The van der Waals surface area contributed by atoms with E-state index in [1.807, 2.05) is 4.90 Å². The standard InChI is InChI=1S/C30H32N2O5/c1-36-23-12-13-25-26(33)18-28(37-27(25)17-23)30(35)31-15-14-20-8-10-21(11-9-20)24-6-3-2-5-22(24)19-32-16-4-7-29(32)34/h2-3,5-6,12-14,17-18,21H,4,7-11,15-16,19H2,1H3,(H,31,35). The summed E-state index contributed by atoms with van der Waals surface area (Å²) in [5.41, 5.74) is 4.01. The first-order valence-electron chi connectivity index (χ1n) is 13.0. The van der Waals surface area contributed by atoms with E-state index in [1.165, 1.54) is 29.9 Å². The van der Waals surface area contributed by atoms with Crippen LogP contribution in [0, 0.1) is 0 Å². The number of ether oxygens (including phenoxy) is 1. The lowest BCUT2D eigenvalue weighted by atomic mass is 9.80. The molecule has 1 aliphatic carbocycles. The number of nitrogens with one attached hydrogen (secondary N) is 1. The lowest BCUT2D eigenvalue weighted by molar-refractivity contribution is -0.128. The third-order valence-electron chi connectivity index (χ3n) is 7.47. The number of hydrogen-bond donors (Lipinski definition) is 1. The molecule has 0 unspecified atom stereocenters. The van der Waals surface area contributed by atoms with Crippen molar-refractivity contribution in [1.29, 1.82) is 0 Å². The van der Waals surface area contributed by atoms with E-state index in [4.69, 9.17) is 9.15 Å². The Morgan fingerprint density at radius 2 is 1.92 bits per heavy atom. The van der Waals surface area contributed by atoms with Gasteiger partial charge >= 0.3 is 0 Å². The smallest absolute Gasteiger partial charge is 0.287 e. The third kappa shape index (κ3) is 5.61. The zero-order valence-corrected chi connectivity index (χ0v) is 21.1. The molecule has 0 spiro atoms. The Hall–Kier alpha value is -3.87. The van der Waals surface area contributed by atoms with E-state index in [0.29, 0.717) is 42.1 Å². The number of hydrogen-bond acceptors (Lipinski definition) is 5. The molecule has 1 saturated heterocycles. The number of carbonyl (C=O) groups excluding carboxylic acids is 2. The second-order valence-corrected chi connectivity index (χ2v) is 9.80. The lowest BCUT2D eigenvalue weighted by Crippen LogP contribution is -2.25. The summed E-state index contributed by atoms with van der Waals surface area (Å²) in [5.74, 6) is 0.859. The van der Waals surface area contributed by atoms with Crippen LogP contribution in [-0.4, -0.2) is 36.9 Å². The molecule has 192 valence electrons. The molecule has 37 heavy (non-hydrogen) atoms. The van der Waals surface area contributed by atoms with E-state index in [2.05, 4.69) is 35.7 Å². The van der Waals surface area contributed by atoms with Crippen molar-refractivity contribution in [3.05, 3.63) is 87.3 Å². The van der Waals surface area contributed by atoms with Gasteiger partial charge in [-0.1, -0.05) is 35.9 Å². The fourth-order valence-corrected chi connectivity index (χ4v) is 5.41. The molecular formula is C30H32N2O5. The van der Waals surface area contributed by atoms with E-state index in [0.717, 1.165) is 38.6 Å². The van der Waals surface area contributed by atoms with E-state index in [-0.39, 0.29) is 17.1 Å². The van der Waals surface area contributed by atoms with Gasteiger partial charge in [-0.3, -0.25) is 14.4 Å². The van der Waals surface area contributed by atoms with Crippen molar-refractivity contribution in [3.63, 3.8) is 0 Å². The average molecular weight is 501 g/mol. The number of carbonyl (C=O) groups is 2. The molecule has 5 rings (SSSR count). The summed E-state index contributed by atoms with van der Waals surface area (Å²) in [6.45, 7) is 1.94. The molecule has 1 aliphatic heterocycles. The number of fused-ring (bicyclic) bond motifs is 1. The van der Waals surface area contributed by atoms with Crippen molar-refractivity contribution in [2.45, 2.75) is 51.0 Å². The maximum atomic E-state index is 12.6. The minimum absolute atomic E-state index is 0.0130. The van der Waals surface area contributed by atoms with Gasteiger partial charge in [0.15, 0.2) is 11.2 Å². The average Bonchev–Trinajstić information content (AvgIpc) is 3.33. The molecule has 1 N–H and O–H groups in total. The first-order valence-corrected chi connectivity index (χ1v) is 13.0. The molecule has 0 radical (unpaired) electrons. The zero-order valence-electron chi connectivity index (χ0n) is 21.1. The molecular weight excluding hydrogens is 468 g/mol. The first kappa shape index (κ1) is 24.8. The summed E-state index contributed by atoms with van der Waals surface area (Å²) in [6.07, 6.45) is 7.74. The Bertz CT molecular complexity index is 1400. The van der Waals surface area contributed by atoms with E-state index in [1.54, 1.807) is 18.2 Å². The molecule has 2 amide bonds. The Kier molecular flexibility index (Phi) is 7.40. The molecule has 0 bridgehead atoms. The number of allylic oxidation sites excluding steroid dienone is 1. The largest absolute Gasteiger partial charge is 0.497 e. The SMILES string of the molecule is COc1ccc2c(=O)cc(C(=O)NCC=C3CCC(c4ccccc4CN4CCCC4=O)CC3)oc2c1. The Balaban J connectivity index is 1.17. The van der Waals surface area contributed by atoms with Gasteiger partial charge in [-0.05, 0) is 61.3 Å². The van der Waals surface area contributed by atoms with Crippen molar-refractivity contribution in [2.24, 2.45) is 0 Å². The molecule has 7 heteroatoms. The topological polar surface area (TPSA) is 88.9 Å². The highest BCUT2D eigenvalue weighted by molar-refractivity contribution is 5.93. The van der Waals surface area contributed by atoms with Gasteiger partial charge in [0, 0.05) is 38.2 Å². The molecule has 0 atom stereocenters. The number of rotatable bonds is 7. The van der Waals surface area contributed by atoms with Crippen LogP contribution in [0.25, 0.3) is 11.0 Å². The van der Waals surface area contributed by atoms with Crippen molar-refractivity contribution >= 4 is 22.8 Å². The number of nitrogens with zero attached hydrogens (tertiary/aromatic N) is 1. The van der Waals surface area contributed by atoms with Crippen molar-refractivity contribution in [2.75, 3.05) is 20.2 Å². The number of methoxy groups -OCH3 is 1. The molecule has 2 aromatic carbocycles. The van der Waals surface area contributed by atoms with Crippen LogP contribution in [-0.2, 0) is 11.3 Å². The fourth-order valence-electron chi connectivity index (χ4n) is 5.41. The summed E-state index contributed by atoms with van der Waals surface area (Å²) in [7, 11) is 1.53. The summed E-state index contributed by atoms with van der Waals surface area (Å²) in [5, 5.41) is 3.25. The van der Waals surface area contributed by atoms with Crippen LogP contribution in [0.1, 0.15) is 66.1 Å². The van der Waals surface area contributed by atoms with Crippen LogP contribution in [0.4, 0.5) is 0 Å². The predicted octanol–water partition coefficient (Wildman–Crippen LogP) is 4.94. The maximum Gasteiger partial charge on any atom is 0.287 e. The van der Waals surface area contributed by atoms with Crippen LogP contribution in [0.3, 0.4) is 0 Å². The second kappa shape index (κ2) is 11.0. The zero-order chi connectivity index (χ0) is 25.8. The minimum atomic E-state index is -0.419. The highest BCUT2D eigenvalue weighted by Crippen LogP contribution is 2.37.